The largest absolute Gasteiger partial charge is 0.490 e. The van der Waals surface area contributed by atoms with Crippen LogP contribution < -0.4 is 4.74 Å². The molecule has 0 heterocycles. The number of aliphatic hydroxyl groups excluding tert-OH is 1. The van der Waals surface area contributed by atoms with Crippen LogP contribution in [0.3, 0.4) is 0 Å². The Labute approximate surface area is 116 Å². The third-order valence-corrected chi connectivity index (χ3v) is 3.89. The van der Waals surface area contributed by atoms with Gasteiger partial charge < -0.3 is 9.84 Å². The summed E-state index contributed by atoms with van der Waals surface area (Å²) in [7, 11) is 0. The van der Waals surface area contributed by atoms with Gasteiger partial charge in [-0.05, 0) is 62.1 Å². The molecule has 0 bridgehead atoms. The van der Waals surface area contributed by atoms with Crippen LogP contribution in [0.5, 0.6) is 5.75 Å². The van der Waals surface area contributed by atoms with E-state index in [-0.39, 0.29) is 6.10 Å². The molecule has 1 aliphatic rings. The molecule has 0 aromatic heterocycles. The van der Waals surface area contributed by atoms with Crippen LogP contribution in [0, 0.1) is 11.8 Å². The third-order valence-electron chi connectivity index (χ3n) is 3.89. The molecular weight excluding hydrogens is 236 g/mol. The lowest BCUT2D eigenvalue weighted by atomic mass is 9.82. The minimum atomic E-state index is -0.285. The summed E-state index contributed by atoms with van der Waals surface area (Å²) >= 11 is 0. The number of hydrogen-bond donors (Lipinski definition) is 1. The van der Waals surface area contributed by atoms with Gasteiger partial charge in [-0.2, -0.15) is 0 Å². The van der Waals surface area contributed by atoms with Crippen LogP contribution in [-0.2, 0) is 6.42 Å². The molecule has 0 aliphatic heterocycles. The summed E-state index contributed by atoms with van der Waals surface area (Å²) in [6.45, 7) is 6.45. The van der Waals surface area contributed by atoms with Gasteiger partial charge in [-0.25, -0.2) is 0 Å². The summed E-state index contributed by atoms with van der Waals surface area (Å²) < 4.78 is 6.09. The molecule has 0 radical (unpaired) electrons. The molecule has 1 aromatic rings. The Morgan fingerprint density at radius 2 is 1.68 bits per heavy atom. The van der Waals surface area contributed by atoms with Crippen molar-refractivity contribution in [3.05, 3.63) is 29.8 Å². The predicted octanol–water partition coefficient (Wildman–Crippen LogP) is 3.81. The minimum absolute atomic E-state index is 0.285. The van der Waals surface area contributed by atoms with Crippen LogP contribution in [0.25, 0.3) is 0 Å². The maximum Gasteiger partial charge on any atom is 0.119 e. The van der Waals surface area contributed by atoms with Gasteiger partial charge >= 0.3 is 0 Å². The summed E-state index contributed by atoms with van der Waals surface area (Å²) in [6, 6.07) is 8.17. The fraction of sp³-hybridized carbons (Fsp3) is 0.647. The van der Waals surface area contributed by atoms with E-state index in [4.69, 9.17) is 4.74 Å². The zero-order valence-corrected chi connectivity index (χ0v) is 12.3. The molecule has 0 spiro atoms. The third kappa shape index (κ3) is 4.54. The van der Waals surface area contributed by atoms with E-state index in [1.807, 2.05) is 19.1 Å². The number of ether oxygens (including phenoxy) is 1. The van der Waals surface area contributed by atoms with Crippen LogP contribution in [-0.4, -0.2) is 17.3 Å². The van der Waals surface area contributed by atoms with E-state index in [0.29, 0.717) is 12.5 Å². The van der Waals surface area contributed by atoms with Gasteiger partial charge in [0.1, 0.15) is 5.75 Å². The lowest BCUT2D eigenvalue weighted by Gasteiger charge is -2.31. The first-order valence-electron chi connectivity index (χ1n) is 7.46. The smallest absolute Gasteiger partial charge is 0.119 e. The molecule has 1 fully saturated rings. The van der Waals surface area contributed by atoms with E-state index in [9.17, 15) is 5.11 Å². The molecule has 19 heavy (non-hydrogen) atoms. The quantitative estimate of drug-likeness (QED) is 0.894. The molecule has 0 amide bonds. The minimum Gasteiger partial charge on any atom is -0.490 e. The van der Waals surface area contributed by atoms with Crippen LogP contribution in [0.4, 0.5) is 0 Å². The van der Waals surface area contributed by atoms with Gasteiger partial charge in [0.2, 0.25) is 0 Å². The summed E-state index contributed by atoms with van der Waals surface area (Å²) in [5, 5.41) is 9.36. The van der Waals surface area contributed by atoms with E-state index in [1.165, 1.54) is 19.3 Å². The van der Waals surface area contributed by atoms with Gasteiger partial charge in [-0.15, -0.1) is 0 Å². The summed E-state index contributed by atoms with van der Waals surface area (Å²) in [6.07, 6.45) is 4.44. The lowest BCUT2D eigenvalue weighted by molar-refractivity contribution is 0.101. The molecular formula is C17H26O2. The maximum atomic E-state index is 9.36. The van der Waals surface area contributed by atoms with Gasteiger partial charge in [0.25, 0.3) is 0 Å². The lowest BCUT2D eigenvalue weighted by Crippen LogP contribution is -2.28. The molecule has 2 heteroatoms. The van der Waals surface area contributed by atoms with Crippen molar-refractivity contribution >= 4 is 0 Å². The molecule has 2 nitrogen and oxygen atoms in total. The van der Waals surface area contributed by atoms with Crippen molar-refractivity contribution in [1.29, 1.82) is 0 Å². The fourth-order valence-electron chi connectivity index (χ4n) is 3.21. The van der Waals surface area contributed by atoms with Gasteiger partial charge in [0.15, 0.2) is 0 Å². The van der Waals surface area contributed by atoms with Gasteiger partial charge in [0, 0.05) is 0 Å². The van der Waals surface area contributed by atoms with Crippen molar-refractivity contribution in [2.45, 2.75) is 58.7 Å². The van der Waals surface area contributed by atoms with E-state index in [2.05, 4.69) is 26.0 Å². The van der Waals surface area contributed by atoms with Gasteiger partial charge in [-0.3, -0.25) is 0 Å². The Hall–Kier alpha value is -1.02. The first-order valence-corrected chi connectivity index (χ1v) is 7.46. The molecule has 1 saturated carbocycles. The average molecular weight is 262 g/mol. The molecule has 1 aliphatic carbocycles. The van der Waals surface area contributed by atoms with Crippen LogP contribution in [0.15, 0.2) is 24.3 Å². The van der Waals surface area contributed by atoms with E-state index < -0.39 is 0 Å². The summed E-state index contributed by atoms with van der Waals surface area (Å²) in [4.78, 5) is 0. The second-order valence-corrected chi connectivity index (χ2v) is 6.35. The van der Waals surface area contributed by atoms with Crippen molar-refractivity contribution < 1.29 is 9.84 Å². The highest BCUT2D eigenvalue weighted by atomic mass is 16.5. The van der Waals surface area contributed by atoms with Crippen molar-refractivity contribution in [2.75, 3.05) is 0 Å². The van der Waals surface area contributed by atoms with Crippen molar-refractivity contribution in [3.63, 3.8) is 0 Å². The van der Waals surface area contributed by atoms with E-state index in [0.717, 1.165) is 23.1 Å². The van der Waals surface area contributed by atoms with Crippen molar-refractivity contribution in [1.82, 2.24) is 0 Å². The fourth-order valence-corrected chi connectivity index (χ4v) is 3.21. The van der Waals surface area contributed by atoms with Crippen LogP contribution >= 0.6 is 0 Å². The maximum absolute atomic E-state index is 9.36. The van der Waals surface area contributed by atoms with Gasteiger partial charge in [-0.1, -0.05) is 26.0 Å². The second-order valence-electron chi connectivity index (χ2n) is 6.35. The number of rotatable bonds is 4. The molecule has 3 unspecified atom stereocenters. The SMILES string of the molecule is CC(O)Cc1ccc(OC2CC(C)CC(C)C2)cc1. The molecule has 3 atom stereocenters. The van der Waals surface area contributed by atoms with E-state index >= 15 is 0 Å². The second kappa shape index (κ2) is 6.42. The van der Waals surface area contributed by atoms with E-state index in [1.54, 1.807) is 0 Å². The average Bonchev–Trinajstić information content (AvgIpc) is 2.29. The Kier molecular flexibility index (Phi) is 4.87. The van der Waals surface area contributed by atoms with Crippen LogP contribution in [0.1, 0.15) is 45.6 Å². The normalized spacial score (nSPS) is 28.9. The molecule has 1 aromatic carbocycles. The zero-order valence-electron chi connectivity index (χ0n) is 12.3. The Morgan fingerprint density at radius 1 is 1.11 bits per heavy atom. The standard InChI is InChI=1S/C17H26O2/c1-12-8-13(2)10-17(9-12)19-16-6-4-15(5-7-16)11-14(3)18/h4-7,12-14,17-18H,8-11H2,1-3H3. The Morgan fingerprint density at radius 3 is 2.21 bits per heavy atom. The first-order chi connectivity index (χ1) is 9.02. The monoisotopic (exact) mass is 262 g/mol. The molecule has 106 valence electrons. The number of benzene rings is 1. The molecule has 2 rings (SSSR count). The van der Waals surface area contributed by atoms with Crippen molar-refractivity contribution in [3.8, 4) is 5.75 Å². The highest BCUT2D eigenvalue weighted by Gasteiger charge is 2.25. The number of hydrogen-bond acceptors (Lipinski definition) is 2. The van der Waals surface area contributed by atoms with Gasteiger partial charge in [0.05, 0.1) is 12.2 Å². The van der Waals surface area contributed by atoms with Crippen LogP contribution in [0.2, 0.25) is 0 Å². The summed E-state index contributed by atoms with van der Waals surface area (Å²) in [5.74, 6) is 2.49. The molecule has 1 N–H and O–H groups in total. The summed E-state index contributed by atoms with van der Waals surface area (Å²) in [5.41, 5.74) is 1.16. The topological polar surface area (TPSA) is 29.5 Å². The Balaban J connectivity index is 1.92. The number of aliphatic hydroxyl groups is 1. The highest BCUT2D eigenvalue weighted by Crippen LogP contribution is 2.31. The molecule has 0 saturated heterocycles. The first kappa shape index (κ1) is 14.4. The predicted molar refractivity (Wildman–Crippen MR) is 78.4 cm³/mol. The van der Waals surface area contributed by atoms with Crippen molar-refractivity contribution in [2.24, 2.45) is 11.8 Å². The zero-order chi connectivity index (χ0) is 13.8. The highest BCUT2D eigenvalue weighted by molar-refractivity contribution is 5.27. The Bertz CT molecular complexity index is 373.